The highest BCUT2D eigenvalue weighted by Crippen LogP contribution is 2.29. The van der Waals surface area contributed by atoms with E-state index in [1.54, 1.807) is 0 Å². The van der Waals surface area contributed by atoms with Gasteiger partial charge in [-0.3, -0.25) is 4.98 Å². The van der Waals surface area contributed by atoms with Crippen LogP contribution in [0.4, 0.5) is 0 Å². The fourth-order valence-corrected chi connectivity index (χ4v) is 4.24. The van der Waals surface area contributed by atoms with E-state index in [0.29, 0.717) is 5.41 Å². The summed E-state index contributed by atoms with van der Waals surface area (Å²) in [7, 11) is 0. The van der Waals surface area contributed by atoms with E-state index in [0.717, 1.165) is 42.5 Å². The number of rotatable bonds is 7. The first-order valence-corrected chi connectivity index (χ1v) is 11.7. The molecular formula is C28H35N3. The van der Waals surface area contributed by atoms with Crippen LogP contribution in [0.15, 0.2) is 48.5 Å². The van der Waals surface area contributed by atoms with E-state index in [2.05, 4.69) is 87.7 Å². The average Bonchev–Trinajstić information content (AvgIpc) is 3.10. The van der Waals surface area contributed by atoms with Gasteiger partial charge in [-0.2, -0.15) is 0 Å². The van der Waals surface area contributed by atoms with E-state index in [1.807, 2.05) is 0 Å². The van der Waals surface area contributed by atoms with Crippen LogP contribution in [0, 0.1) is 12.3 Å². The van der Waals surface area contributed by atoms with Crippen LogP contribution in [0.25, 0.3) is 21.9 Å². The van der Waals surface area contributed by atoms with Crippen molar-refractivity contribution in [3.8, 4) is 0 Å². The molecule has 0 aliphatic carbocycles. The fourth-order valence-electron chi connectivity index (χ4n) is 4.24. The summed E-state index contributed by atoms with van der Waals surface area (Å²) in [6.45, 7) is 12.1. The van der Waals surface area contributed by atoms with E-state index in [1.165, 1.54) is 40.7 Å². The molecule has 0 bridgehead atoms. The number of hydrogen-bond donors (Lipinski definition) is 0. The zero-order chi connectivity index (χ0) is 22.0. The van der Waals surface area contributed by atoms with Crippen LogP contribution in [0.2, 0.25) is 0 Å². The molecule has 4 rings (SSSR count). The SMILES string of the molecule is CCCCc1nc2c(C)nc3ccccc3c2n1Cc1ccc(CCC(C)(C)C)cc1. The zero-order valence-electron chi connectivity index (χ0n) is 19.7. The van der Waals surface area contributed by atoms with Crippen molar-refractivity contribution in [3.63, 3.8) is 0 Å². The normalized spacial score (nSPS) is 12.2. The third-order valence-electron chi connectivity index (χ3n) is 6.12. The maximum absolute atomic E-state index is 5.07. The minimum atomic E-state index is 0.371. The molecule has 0 saturated carbocycles. The quantitative estimate of drug-likeness (QED) is 0.319. The Bertz CT molecular complexity index is 1180. The summed E-state index contributed by atoms with van der Waals surface area (Å²) in [6, 6.07) is 17.7. The minimum absolute atomic E-state index is 0.371. The molecule has 162 valence electrons. The molecule has 3 heteroatoms. The lowest BCUT2D eigenvalue weighted by Crippen LogP contribution is -2.07. The van der Waals surface area contributed by atoms with Gasteiger partial charge in [-0.15, -0.1) is 0 Å². The van der Waals surface area contributed by atoms with Crippen molar-refractivity contribution < 1.29 is 0 Å². The topological polar surface area (TPSA) is 30.7 Å². The first-order valence-electron chi connectivity index (χ1n) is 11.7. The van der Waals surface area contributed by atoms with Crippen LogP contribution >= 0.6 is 0 Å². The molecule has 0 saturated heterocycles. The molecule has 0 radical (unpaired) electrons. The van der Waals surface area contributed by atoms with Crippen LogP contribution in [-0.4, -0.2) is 14.5 Å². The molecule has 2 aromatic heterocycles. The van der Waals surface area contributed by atoms with Gasteiger partial charge in [-0.05, 0) is 48.8 Å². The van der Waals surface area contributed by atoms with Crippen LogP contribution in [0.5, 0.6) is 0 Å². The second-order valence-electron chi connectivity index (χ2n) is 10.0. The van der Waals surface area contributed by atoms with Gasteiger partial charge < -0.3 is 4.57 Å². The van der Waals surface area contributed by atoms with Gasteiger partial charge in [0.25, 0.3) is 0 Å². The number of aromatic nitrogens is 3. The third kappa shape index (κ3) is 4.81. The van der Waals surface area contributed by atoms with E-state index < -0.39 is 0 Å². The number of para-hydroxylation sites is 1. The van der Waals surface area contributed by atoms with Crippen LogP contribution in [-0.2, 0) is 19.4 Å². The number of pyridine rings is 1. The lowest BCUT2D eigenvalue weighted by Gasteiger charge is -2.18. The first kappa shape index (κ1) is 21.5. The molecule has 0 N–H and O–H groups in total. The molecule has 31 heavy (non-hydrogen) atoms. The molecule has 0 aliphatic rings. The maximum Gasteiger partial charge on any atom is 0.111 e. The van der Waals surface area contributed by atoms with Gasteiger partial charge in [-0.25, -0.2) is 4.98 Å². The van der Waals surface area contributed by atoms with Gasteiger partial charge in [0.05, 0.1) is 16.7 Å². The molecule has 2 heterocycles. The molecule has 0 atom stereocenters. The molecule has 0 amide bonds. The summed E-state index contributed by atoms with van der Waals surface area (Å²) in [4.78, 5) is 9.89. The molecule has 4 aromatic rings. The molecule has 2 aromatic carbocycles. The summed E-state index contributed by atoms with van der Waals surface area (Å²) in [5, 5.41) is 1.19. The van der Waals surface area contributed by atoms with Crippen molar-refractivity contribution in [2.24, 2.45) is 5.41 Å². The Hall–Kier alpha value is -2.68. The van der Waals surface area contributed by atoms with Crippen LogP contribution in [0.3, 0.4) is 0 Å². The Labute approximate surface area is 186 Å². The molecule has 0 aliphatic heterocycles. The van der Waals surface area contributed by atoms with E-state index in [-0.39, 0.29) is 0 Å². The van der Waals surface area contributed by atoms with Gasteiger partial charge in [0.2, 0.25) is 0 Å². The van der Waals surface area contributed by atoms with Crippen molar-refractivity contribution in [1.82, 2.24) is 14.5 Å². The Morgan fingerprint density at radius 3 is 2.29 bits per heavy atom. The van der Waals surface area contributed by atoms with Crippen molar-refractivity contribution >= 4 is 21.9 Å². The molecule has 3 nitrogen and oxygen atoms in total. The highest BCUT2D eigenvalue weighted by atomic mass is 15.1. The van der Waals surface area contributed by atoms with Crippen molar-refractivity contribution in [2.75, 3.05) is 0 Å². The summed E-state index contributed by atoms with van der Waals surface area (Å²) >= 11 is 0. The predicted octanol–water partition coefficient (Wildman–Crippen LogP) is 7.26. The predicted molar refractivity (Wildman–Crippen MR) is 132 cm³/mol. The van der Waals surface area contributed by atoms with Crippen LogP contribution < -0.4 is 0 Å². The highest BCUT2D eigenvalue weighted by molar-refractivity contribution is 6.03. The molecule has 0 unspecified atom stereocenters. The summed E-state index contributed by atoms with van der Waals surface area (Å²) < 4.78 is 2.44. The lowest BCUT2D eigenvalue weighted by molar-refractivity contribution is 0.378. The maximum atomic E-state index is 5.07. The van der Waals surface area contributed by atoms with Gasteiger partial charge in [-0.1, -0.05) is 76.6 Å². The van der Waals surface area contributed by atoms with E-state index in [9.17, 15) is 0 Å². The minimum Gasteiger partial charge on any atom is -0.323 e. The largest absolute Gasteiger partial charge is 0.323 e. The summed E-state index contributed by atoms with van der Waals surface area (Å²) in [6.07, 6.45) is 5.67. The van der Waals surface area contributed by atoms with Crippen LogP contribution in [0.1, 0.15) is 69.6 Å². The first-order chi connectivity index (χ1) is 14.9. The van der Waals surface area contributed by atoms with E-state index >= 15 is 0 Å². The number of hydrogen-bond acceptors (Lipinski definition) is 2. The Morgan fingerprint density at radius 1 is 0.871 bits per heavy atom. The van der Waals surface area contributed by atoms with Gasteiger partial charge >= 0.3 is 0 Å². The number of imidazole rings is 1. The number of unbranched alkanes of at least 4 members (excludes halogenated alkanes) is 1. The standard InChI is InChI=1S/C28H35N3/c1-6-7-12-25-30-26-20(2)29-24-11-9-8-10-23(24)27(26)31(25)19-22-15-13-21(14-16-22)17-18-28(3,4)5/h8-11,13-16H,6-7,12,17-19H2,1-5H3. The molecule has 0 spiro atoms. The fraction of sp³-hybridized carbons (Fsp3) is 0.429. The lowest BCUT2D eigenvalue weighted by atomic mass is 9.88. The van der Waals surface area contributed by atoms with Gasteiger partial charge in [0.15, 0.2) is 0 Å². The number of fused-ring (bicyclic) bond motifs is 3. The average molecular weight is 414 g/mol. The number of benzene rings is 2. The molecular weight excluding hydrogens is 378 g/mol. The van der Waals surface area contributed by atoms with Crippen molar-refractivity contribution in [2.45, 2.75) is 73.3 Å². The number of aryl methyl sites for hydroxylation is 3. The summed E-state index contributed by atoms with van der Waals surface area (Å²) in [5.74, 6) is 1.18. The highest BCUT2D eigenvalue weighted by Gasteiger charge is 2.17. The smallest absolute Gasteiger partial charge is 0.111 e. The van der Waals surface area contributed by atoms with Gasteiger partial charge in [0, 0.05) is 18.4 Å². The summed E-state index contributed by atoms with van der Waals surface area (Å²) in [5.41, 5.74) is 7.46. The molecule has 0 fully saturated rings. The zero-order valence-corrected chi connectivity index (χ0v) is 19.7. The Kier molecular flexibility index (Phi) is 6.13. The van der Waals surface area contributed by atoms with Crippen molar-refractivity contribution in [3.05, 3.63) is 71.2 Å². The monoisotopic (exact) mass is 413 g/mol. The second-order valence-corrected chi connectivity index (χ2v) is 10.0. The van der Waals surface area contributed by atoms with E-state index in [4.69, 9.17) is 9.97 Å². The number of nitrogens with zero attached hydrogens (tertiary/aromatic N) is 3. The third-order valence-corrected chi connectivity index (χ3v) is 6.12. The van der Waals surface area contributed by atoms with Gasteiger partial charge in [0.1, 0.15) is 11.3 Å². The Balaban J connectivity index is 1.73. The second kappa shape index (κ2) is 8.82. The van der Waals surface area contributed by atoms with Crippen molar-refractivity contribution in [1.29, 1.82) is 0 Å². The Morgan fingerprint density at radius 2 is 1.58 bits per heavy atom.